The molecule has 0 fully saturated rings. The quantitative estimate of drug-likeness (QED) is 0.781. The molecule has 0 spiro atoms. The lowest BCUT2D eigenvalue weighted by Gasteiger charge is -2.22. The summed E-state index contributed by atoms with van der Waals surface area (Å²) in [5, 5.41) is 3.27. The van der Waals surface area contributed by atoms with Crippen molar-refractivity contribution in [3.63, 3.8) is 0 Å². The first-order valence-electron chi connectivity index (χ1n) is 6.03. The Bertz CT molecular complexity index is 339. The minimum atomic E-state index is 0.417. The van der Waals surface area contributed by atoms with Gasteiger partial charge in [-0.25, -0.2) is 9.97 Å². The van der Waals surface area contributed by atoms with Crippen molar-refractivity contribution in [1.82, 2.24) is 9.97 Å². The number of rotatable bonds is 6. The molecule has 0 amide bonds. The van der Waals surface area contributed by atoms with Gasteiger partial charge in [-0.2, -0.15) is 0 Å². The Balaban J connectivity index is 2.66. The van der Waals surface area contributed by atoms with Crippen LogP contribution in [0.3, 0.4) is 0 Å². The average molecular weight is 237 g/mol. The summed E-state index contributed by atoms with van der Waals surface area (Å²) >= 11 is 0. The zero-order chi connectivity index (χ0) is 12.8. The van der Waals surface area contributed by atoms with E-state index < -0.39 is 0 Å². The average Bonchev–Trinajstić information content (AvgIpc) is 2.35. The number of nitrogens with two attached hydrogens (primary N) is 1. The smallest absolute Gasteiger partial charge is 0.134 e. The van der Waals surface area contributed by atoms with Crippen LogP contribution in [0.15, 0.2) is 12.4 Å². The van der Waals surface area contributed by atoms with Gasteiger partial charge in [-0.15, -0.1) is 0 Å². The normalized spacial score (nSPS) is 12.6. The lowest BCUT2D eigenvalue weighted by molar-refractivity contribution is 0.626. The van der Waals surface area contributed by atoms with E-state index >= 15 is 0 Å². The molecular formula is C12H23N5. The van der Waals surface area contributed by atoms with Gasteiger partial charge in [0.1, 0.15) is 18.0 Å². The minimum absolute atomic E-state index is 0.417. The van der Waals surface area contributed by atoms with Gasteiger partial charge in [-0.3, -0.25) is 0 Å². The Morgan fingerprint density at radius 1 is 1.35 bits per heavy atom. The highest BCUT2D eigenvalue weighted by Gasteiger charge is 2.07. The molecule has 1 rings (SSSR count). The molecule has 0 radical (unpaired) electrons. The molecular weight excluding hydrogens is 214 g/mol. The van der Waals surface area contributed by atoms with Crippen LogP contribution in [0.2, 0.25) is 0 Å². The van der Waals surface area contributed by atoms with Crippen molar-refractivity contribution in [3.05, 3.63) is 12.4 Å². The minimum Gasteiger partial charge on any atom is -0.370 e. The molecule has 0 aliphatic heterocycles. The number of nitrogens with zero attached hydrogens (tertiary/aromatic N) is 3. The Hall–Kier alpha value is -1.36. The van der Waals surface area contributed by atoms with Crippen LogP contribution in [0.25, 0.3) is 0 Å². The molecule has 5 heteroatoms. The molecule has 17 heavy (non-hydrogen) atoms. The zero-order valence-corrected chi connectivity index (χ0v) is 11.1. The number of hydrogen-bond acceptors (Lipinski definition) is 5. The van der Waals surface area contributed by atoms with Crippen molar-refractivity contribution in [1.29, 1.82) is 0 Å². The van der Waals surface area contributed by atoms with Crippen LogP contribution in [-0.2, 0) is 0 Å². The van der Waals surface area contributed by atoms with Gasteiger partial charge < -0.3 is 16.0 Å². The molecule has 5 nitrogen and oxygen atoms in total. The van der Waals surface area contributed by atoms with Gasteiger partial charge in [0, 0.05) is 25.7 Å². The summed E-state index contributed by atoms with van der Waals surface area (Å²) in [7, 11) is 2.03. The van der Waals surface area contributed by atoms with Crippen LogP contribution in [0.4, 0.5) is 11.6 Å². The Morgan fingerprint density at radius 2 is 2.06 bits per heavy atom. The molecule has 0 aliphatic rings. The van der Waals surface area contributed by atoms with Crippen molar-refractivity contribution >= 4 is 11.6 Å². The molecule has 0 aliphatic carbocycles. The van der Waals surface area contributed by atoms with Gasteiger partial charge in [0.05, 0.1) is 0 Å². The van der Waals surface area contributed by atoms with Gasteiger partial charge in [-0.1, -0.05) is 6.92 Å². The van der Waals surface area contributed by atoms with Gasteiger partial charge in [0.25, 0.3) is 0 Å². The summed E-state index contributed by atoms with van der Waals surface area (Å²) in [6.45, 7) is 7.88. The van der Waals surface area contributed by atoms with E-state index in [1.165, 1.54) is 0 Å². The standard InChI is InChI=1S/C12H23N5/c1-9(2)17(4)12-5-11(15-8-16-12)14-7-10(3)6-13/h5,8-10H,6-7,13H2,1-4H3,(H,14,15,16). The van der Waals surface area contributed by atoms with Crippen molar-refractivity contribution < 1.29 is 0 Å². The van der Waals surface area contributed by atoms with Gasteiger partial charge in [0.15, 0.2) is 0 Å². The number of aromatic nitrogens is 2. The molecule has 0 aromatic carbocycles. The van der Waals surface area contributed by atoms with Crippen molar-refractivity contribution in [3.8, 4) is 0 Å². The summed E-state index contributed by atoms with van der Waals surface area (Å²) in [4.78, 5) is 10.6. The fourth-order valence-electron chi connectivity index (χ4n) is 1.26. The highest BCUT2D eigenvalue weighted by Crippen LogP contribution is 2.14. The second kappa shape index (κ2) is 6.39. The molecule has 1 unspecified atom stereocenters. The highest BCUT2D eigenvalue weighted by molar-refractivity contribution is 5.48. The SMILES string of the molecule is CC(CN)CNc1cc(N(C)C(C)C)ncn1. The Kier molecular flexibility index (Phi) is 5.15. The van der Waals surface area contributed by atoms with Crippen LogP contribution in [0.5, 0.6) is 0 Å². The maximum atomic E-state index is 5.57. The summed E-state index contributed by atoms with van der Waals surface area (Å²) in [5.41, 5.74) is 5.57. The van der Waals surface area contributed by atoms with E-state index in [-0.39, 0.29) is 0 Å². The van der Waals surface area contributed by atoms with Gasteiger partial charge in [-0.05, 0) is 26.3 Å². The molecule has 0 saturated heterocycles. The molecule has 96 valence electrons. The second-order valence-corrected chi connectivity index (χ2v) is 4.69. The van der Waals surface area contributed by atoms with Crippen LogP contribution in [0.1, 0.15) is 20.8 Å². The Morgan fingerprint density at radius 3 is 2.65 bits per heavy atom. The van der Waals surface area contributed by atoms with Crippen LogP contribution < -0.4 is 16.0 Å². The molecule has 1 atom stereocenters. The van der Waals surface area contributed by atoms with Gasteiger partial charge in [0.2, 0.25) is 0 Å². The maximum Gasteiger partial charge on any atom is 0.134 e. The fraction of sp³-hybridized carbons (Fsp3) is 0.667. The van der Waals surface area contributed by atoms with Crippen molar-refractivity contribution in [2.75, 3.05) is 30.4 Å². The van der Waals surface area contributed by atoms with Crippen molar-refractivity contribution in [2.24, 2.45) is 11.7 Å². The van der Waals surface area contributed by atoms with E-state index in [1.54, 1.807) is 6.33 Å². The lowest BCUT2D eigenvalue weighted by Crippen LogP contribution is -2.27. The lowest BCUT2D eigenvalue weighted by atomic mass is 10.2. The molecule has 1 aromatic rings. The summed E-state index contributed by atoms with van der Waals surface area (Å²) < 4.78 is 0. The Labute approximate surface area is 103 Å². The predicted molar refractivity (Wildman–Crippen MR) is 72.3 cm³/mol. The fourth-order valence-corrected chi connectivity index (χ4v) is 1.26. The van der Waals surface area contributed by atoms with Crippen LogP contribution in [-0.4, -0.2) is 36.1 Å². The summed E-state index contributed by atoms with van der Waals surface area (Å²) in [5.74, 6) is 2.22. The van der Waals surface area contributed by atoms with Gasteiger partial charge >= 0.3 is 0 Å². The molecule has 0 bridgehead atoms. The van der Waals surface area contributed by atoms with Crippen molar-refractivity contribution in [2.45, 2.75) is 26.8 Å². The predicted octanol–water partition coefficient (Wildman–Crippen LogP) is 1.33. The van der Waals surface area contributed by atoms with E-state index in [0.29, 0.717) is 18.5 Å². The van der Waals surface area contributed by atoms with Crippen LogP contribution >= 0.6 is 0 Å². The summed E-state index contributed by atoms with van der Waals surface area (Å²) in [6, 6.07) is 2.38. The first kappa shape index (κ1) is 13.7. The molecule has 1 heterocycles. The first-order valence-corrected chi connectivity index (χ1v) is 6.03. The summed E-state index contributed by atoms with van der Waals surface area (Å²) in [6.07, 6.45) is 1.59. The van der Waals surface area contributed by atoms with E-state index in [9.17, 15) is 0 Å². The van der Waals surface area contributed by atoms with E-state index in [0.717, 1.165) is 18.2 Å². The largest absolute Gasteiger partial charge is 0.370 e. The van der Waals surface area contributed by atoms with Crippen LogP contribution in [0, 0.1) is 5.92 Å². The molecule has 3 N–H and O–H groups in total. The third-order valence-electron chi connectivity index (χ3n) is 2.82. The zero-order valence-electron chi connectivity index (χ0n) is 11.1. The topological polar surface area (TPSA) is 67.1 Å². The van der Waals surface area contributed by atoms with E-state index in [4.69, 9.17) is 5.73 Å². The number of hydrogen-bond donors (Lipinski definition) is 2. The molecule has 1 aromatic heterocycles. The monoisotopic (exact) mass is 237 g/mol. The third-order valence-corrected chi connectivity index (χ3v) is 2.82. The third kappa shape index (κ3) is 4.19. The first-order chi connectivity index (χ1) is 8.04. The number of nitrogens with one attached hydrogen (secondary N) is 1. The second-order valence-electron chi connectivity index (χ2n) is 4.69. The highest BCUT2D eigenvalue weighted by atomic mass is 15.2. The molecule has 0 saturated carbocycles. The van der Waals surface area contributed by atoms with E-state index in [1.807, 2.05) is 13.1 Å². The number of anilines is 2. The maximum absolute atomic E-state index is 5.57. The van der Waals surface area contributed by atoms with E-state index in [2.05, 4.69) is 41.0 Å².